The number of ketones is 1. The van der Waals surface area contributed by atoms with Gasteiger partial charge in [-0.1, -0.05) is 29.8 Å². The van der Waals surface area contributed by atoms with Gasteiger partial charge in [-0.25, -0.2) is 24.5 Å². The Morgan fingerprint density at radius 3 is 2.73 bits per heavy atom. The number of nitrogens with two attached hydrogens (primary N) is 1. The van der Waals surface area contributed by atoms with Crippen LogP contribution in [0.2, 0.25) is 5.02 Å². The van der Waals surface area contributed by atoms with Gasteiger partial charge in [0.15, 0.2) is 0 Å². The number of rotatable bonds is 13. The number of esters is 1. The molecule has 3 heterocycles. The largest absolute Gasteiger partial charge is 0.469 e. The number of hydrogen-bond acceptors (Lipinski definition) is 13. The minimum Gasteiger partial charge on any atom is -0.458 e. The number of nitrogens with zero attached hydrogens (tertiary/aromatic N) is 2. The van der Waals surface area contributed by atoms with Crippen molar-refractivity contribution in [3.8, 4) is 0 Å². The van der Waals surface area contributed by atoms with Gasteiger partial charge in [-0.2, -0.15) is 8.42 Å². The monoisotopic (exact) mass is 792 g/mol. The van der Waals surface area contributed by atoms with Crippen LogP contribution >= 0.6 is 30.8 Å². The fraction of sp³-hybridized carbons (Fsp3) is 0.333. The zero-order chi connectivity index (χ0) is 37.2. The standard InChI is InChI=1S/C33H34ClN4O11PS2/c1-18-25(31-26-11-23(34)6-5-20(26)7-8-46-31)13-29(51-18)30(39)27-14-36-17-37-32(27)38-24-10-22(16-48-52(35,44)45)28(12-24)49-33(40)21-4-2-3-19(9-21)15-47-50(41,42)43/h2-6,9,11,13-14,17,22,24,28,31H,7-8,10,12,15-16H2,1H3,(H2,35,44,45)(H,36,37,38)(H2,41,42,43)/t22-,24+,28+,31+/m1/s1. The van der Waals surface area contributed by atoms with Crippen LogP contribution in [0.15, 0.2) is 61.1 Å². The van der Waals surface area contributed by atoms with Crippen LogP contribution in [0.5, 0.6) is 0 Å². The van der Waals surface area contributed by atoms with Crippen molar-refractivity contribution in [2.24, 2.45) is 11.1 Å². The first-order valence-corrected chi connectivity index (χ1v) is 20.1. The Kier molecular flexibility index (Phi) is 11.6. The molecule has 0 saturated heterocycles. The van der Waals surface area contributed by atoms with E-state index in [9.17, 15) is 22.6 Å². The van der Waals surface area contributed by atoms with E-state index >= 15 is 0 Å². The predicted octanol–water partition coefficient (Wildman–Crippen LogP) is 4.64. The molecular formula is C33H34ClN4O11PS2. The molecule has 2 aliphatic rings. The number of ether oxygens (including phenoxy) is 2. The van der Waals surface area contributed by atoms with E-state index in [-0.39, 0.29) is 48.3 Å². The van der Waals surface area contributed by atoms with Crippen molar-refractivity contribution < 1.29 is 50.5 Å². The van der Waals surface area contributed by atoms with Crippen LogP contribution < -0.4 is 10.5 Å². The van der Waals surface area contributed by atoms with Gasteiger partial charge in [-0.3, -0.25) is 13.5 Å². The molecule has 19 heteroatoms. The average molecular weight is 793 g/mol. The van der Waals surface area contributed by atoms with Crippen molar-refractivity contribution >= 4 is 58.6 Å². The Balaban J connectivity index is 1.19. The molecule has 276 valence electrons. The van der Waals surface area contributed by atoms with Gasteiger partial charge in [0.2, 0.25) is 5.78 Å². The predicted molar refractivity (Wildman–Crippen MR) is 189 cm³/mol. The third kappa shape index (κ3) is 9.48. The van der Waals surface area contributed by atoms with Crippen LogP contribution in [0.4, 0.5) is 5.82 Å². The maximum atomic E-state index is 14.0. The van der Waals surface area contributed by atoms with Gasteiger partial charge in [0.05, 0.1) is 35.8 Å². The SMILES string of the molecule is Cc1sc(C(=O)c2cncnc2N[C@H]2C[C@H](COS(N)(=O)=O)[C@@H](OC(=O)c3cccc(COP(=O)(O)O)c3)C2)cc1[C@@H]1OCCc2ccc(Cl)cc21. The number of anilines is 1. The second-order valence-electron chi connectivity index (χ2n) is 12.3. The Labute approximate surface area is 307 Å². The summed E-state index contributed by atoms with van der Waals surface area (Å²) < 4.78 is 55.7. The minimum absolute atomic E-state index is 0.0776. The lowest BCUT2D eigenvalue weighted by atomic mass is 9.93. The maximum absolute atomic E-state index is 14.0. The van der Waals surface area contributed by atoms with E-state index in [0.29, 0.717) is 22.1 Å². The van der Waals surface area contributed by atoms with E-state index in [0.717, 1.165) is 28.0 Å². The van der Waals surface area contributed by atoms with E-state index in [1.807, 2.05) is 31.2 Å². The summed E-state index contributed by atoms with van der Waals surface area (Å²) >= 11 is 7.64. The quantitative estimate of drug-likeness (QED) is 0.0822. The molecule has 1 saturated carbocycles. The molecule has 1 aliphatic carbocycles. The van der Waals surface area contributed by atoms with Crippen molar-refractivity contribution in [2.45, 2.75) is 51.0 Å². The average Bonchev–Trinajstić information content (AvgIpc) is 3.67. The van der Waals surface area contributed by atoms with Gasteiger partial charge in [0.1, 0.15) is 24.4 Å². The highest BCUT2D eigenvalue weighted by molar-refractivity contribution is 7.84. The second-order valence-corrected chi connectivity index (χ2v) is 16.5. The Bertz CT molecular complexity index is 2150. The lowest BCUT2D eigenvalue weighted by molar-refractivity contribution is 0.0151. The molecule has 2 aromatic carbocycles. The molecule has 0 bridgehead atoms. The Morgan fingerprint density at radius 1 is 1.15 bits per heavy atom. The number of phosphoric ester groups is 1. The highest BCUT2D eigenvalue weighted by Gasteiger charge is 2.39. The molecular weight excluding hydrogens is 759 g/mol. The summed E-state index contributed by atoms with van der Waals surface area (Å²) in [6.45, 7) is 1.63. The first kappa shape index (κ1) is 38.1. The van der Waals surface area contributed by atoms with Crippen LogP contribution in [0, 0.1) is 12.8 Å². The van der Waals surface area contributed by atoms with Crippen molar-refractivity contribution in [3.05, 3.63) is 109 Å². The molecule has 1 fully saturated rings. The topological polar surface area (TPSA) is 227 Å². The first-order chi connectivity index (χ1) is 24.6. The van der Waals surface area contributed by atoms with Crippen LogP contribution in [0.1, 0.15) is 71.7 Å². The third-order valence-electron chi connectivity index (χ3n) is 8.70. The van der Waals surface area contributed by atoms with Crippen LogP contribution in [0.25, 0.3) is 0 Å². The fourth-order valence-electron chi connectivity index (χ4n) is 6.33. The molecule has 4 aromatic rings. The first-order valence-electron chi connectivity index (χ1n) is 15.9. The summed E-state index contributed by atoms with van der Waals surface area (Å²) in [5, 5.41) is 8.92. The molecule has 52 heavy (non-hydrogen) atoms. The molecule has 1 aliphatic heterocycles. The summed E-state index contributed by atoms with van der Waals surface area (Å²) in [5.41, 5.74) is 3.55. The highest BCUT2D eigenvalue weighted by Crippen LogP contribution is 2.40. The summed E-state index contributed by atoms with van der Waals surface area (Å²) in [5.74, 6) is -1.48. The van der Waals surface area contributed by atoms with E-state index < -0.39 is 48.8 Å². The molecule has 5 N–H and O–H groups in total. The second kappa shape index (κ2) is 15.8. The van der Waals surface area contributed by atoms with Crippen molar-refractivity contribution in [2.75, 3.05) is 18.5 Å². The van der Waals surface area contributed by atoms with Crippen molar-refractivity contribution in [1.29, 1.82) is 0 Å². The summed E-state index contributed by atoms with van der Waals surface area (Å²) in [7, 11) is -9.05. The lowest BCUT2D eigenvalue weighted by Gasteiger charge is -2.26. The number of aromatic nitrogens is 2. The van der Waals surface area contributed by atoms with Crippen molar-refractivity contribution in [1.82, 2.24) is 9.97 Å². The fourth-order valence-corrected chi connectivity index (χ4v) is 8.20. The minimum atomic E-state index is -4.74. The molecule has 4 atom stereocenters. The number of carbonyl (C=O) groups excluding carboxylic acids is 2. The molecule has 0 unspecified atom stereocenters. The number of fused-ring (bicyclic) bond motifs is 1. The number of hydrogen-bond donors (Lipinski definition) is 4. The lowest BCUT2D eigenvalue weighted by Crippen LogP contribution is -2.28. The number of phosphoric acid groups is 1. The molecule has 0 radical (unpaired) electrons. The van der Waals surface area contributed by atoms with E-state index in [4.69, 9.17) is 40.2 Å². The smallest absolute Gasteiger partial charge is 0.458 e. The number of halogens is 1. The van der Waals surface area contributed by atoms with Crippen LogP contribution in [-0.2, 0) is 46.1 Å². The van der Waals surface area contributed by atoms with E-state index in [2.05, 4.69) is 19.8 Å². The number of nitrogens with one attached hydrogen (secondary N) is 1. The molecule has 15 nitrogen and oxygen atoms in total. The maximum Gasteiger partial charge on any atom is 0.469 e. The third-order valence-corrected chi connectivity index (χ3v) is 10.9. The summed E-state index contributed by atoms with van der Waals surface area (Å²) in [6.07, 6.45) is 2.67. The number of carbonyl (C=O) groups is 2. The highest BCUT2D eigenvalue weighted by atomic mass is 35.5. The molecule has 2 aromatic heterocycles. The Morgan fingerprint density at radius 2 is 1.96 bits per heavy atom. The van der Waals surface area contributed by atoms with Gasteiger partial charge in [-0.15, -0.1) is 11.3 Å². The van der Waals surface area contributed by atoms with Gasteiger partial charge in [0, 0.05) is 34.5 Å². The van der Waals surface area contributed by atoms with Crippen molar-refractivity contribution in [3.63, 3.8) is 0 Å². The number of thiophene rings is 1. The normalized spacial score (nSPS) is 20.3. The molecule has 0 spiro atoms. The van der Waals surface area contributed by atoms with Crippen LogP contribution in [-0.4, -0.2) is 65.3 Å². The summed E-state index contributed by atoms with van der Waals surface area (Å²) in [6, 6.07) is 12.9. The van der Waals surface area contributed by atoms with Gasteiger partial charge < -0.3 is 24.6 Å². The van der Waals surface area contributed by atoms with Gasteiger partial charge in [-0.05, 0) is 72.4 Å². The van der Waals surface area contributed by atoms with E-state index in [1.54, 1.807) is 0 Å². The Hall–Kier alpha value is -3.61. The number of benzene rings is 2. The van der Waals surface area contributed by atoms with Crippen LogP contribution in [0.3, 0.4) is 0 Å². The van der Waals surface area contributed by atoms with Gasteiger partial charge in [0.25, 0.3) is 0 Å². The molecule has 0 amide bonds. The van der Waals surface area contributed by atoms with Gasteiger partial charge >= 0.3 is 24.1 Å². The van der Waals surface area contributed by atoms with E-state index in [1.165, 1.54) is 48.1 Å². The molecule has 6 rings (SSSR count). The summed E-state index contributed by atoms with van der Waals surface area (Å²) in [4.78, 5) is 55.0. The zero-order valence-corrected chi connectivity index (χ0v) is 30.8. The zero-order valence-electron chi connectivity index (χ0n) is 27.5. The number of aryl methyl sites for hydroxylation is 1.